The minimum absolute atomic E-state index is 0.0641. The van der Waals surface area contributed by atoms with Crippen molar-refractivity contribution in [2.45, 2.75) is 37.5 Å². The molecule has 0 saturated carbocycles. The number of aliphatic hydroxyl groups is 1. The van der Waals surface area contributed by atoms with Gasteiger partial charge >= 0.3 is 0 Å². The number of fused-ring (bicyclic) bond motifs is 5. The summed E-state index contributed by atoms with van der Waals surface area (Å²) in [4.78, 5) is 15.7. The second-order valence-corrected chi connectivity index (χ2v) is 13.0. The van der Waals surface area contributed by atoms with E-state index < -0.39 is 32.9 Å². The fraction of sp³-hybridized carbons (Fsp3) is 0.344. The van der Waals surface area contributed by atoms with E-state index in [-0.39, 0.29) is 38.1 Å². The first-order chi connectivity index (χ1) is 20.1. The van der Waals surface area contributed by atoms with Crippen LogP contribution in [0.25, 0.3) is 22.0 Å². The molecule has 0 radical (unpaired) electrons. The highest BCUT2D eigenvalue weighted by Crippen LogP contribution is 2.38. The summed E-state index contributed by atoms with van der Waals surface area (Å²) in [7, 11) is -0.883. The first-order valence-corrected chi connectivity index (χ1v) is 15.4. The lowest BCUT2D eigenvalue weighted by Gasteiger charge is -2.35. The molecular weight excluding hydrogens is 557 g/mol. The molecule has 0 aliphatic carbocycles. The molecule has 42 heavy (non-hydrogen) atoms. The zero-order valence-corrected chi connectivity index (χ0v) is 25.0. The normalized spacial score (nSPS) is 18.9. The minimum Gasteiger partial charge on any atom is -0.394 e. The van der Waals surface area contributed by atoms with Crippen molar-refractivity contribution in [1.82, 2.24) is 13.8 Å². The number of halogens is 1. The van der Waals surface area contributed by atoms with Gasteiger partial charge in [0.1, 0.15) is 16.4 Å². The number of hydrogen-bond donors (Lipinski definition) is 1. The molecule has 1 aliphatic heterocycles. The van der Waals surface area contributed by atoms with Crippen LogP contribution in [0, 0.1) is 11.7 Å². The van der Waals surface area contributed by atoms with Crippen LogP contribution >= 0.6 is 0 Å². The smallest absolute Gasteiger partial charge is 0.271 e. The molecule has 3 atom stereocenters. The molecule has 1 N–H and O–H groups in total. The van der Waals surface area contributed by atoms with E-state index in [1.807, 2.05) is 67.1 Å². The maximum Gasteiger partial charge on any atom is 0.271 e. The van der Waals surface area contributed by atoms with Gasteiger partial charge in [0.15, 0.2) is 0 Å². The van der Waals surface area contributed by atoms with Gasteiger partial charge in [-0.15, -0.1) is 0 Å². The number of benzene rings is 3. The van der Waals surface area contributed by atoms with Crippen molar-refractivity contribution >= 4 is 26.8 Å². The van der Waals surface area contributed by atoms with E-state index in [0.717, 1.165) is 38.0 Å². The molecule has 1 aliphatic rings. The van der Waals surface area contributed by atoms with Crippen molar-refractivity contribution in [2.24, 2.45) is 13.0 Å². The summed E-state index contributed by atoms with van der Waals surface area (Å²) in [5, 5.41) is 11.1. The van der Waals surface area contributed by atoms with Crippen LogP contribution in [0.2, 0.25) is 0 Å². The van der Waals surface area contributed by atoms with Gasteiger partial charge in [-0.1, -0.05) is 61.5 Å². The largest absolute Gasteiger partial charge is 0.394 e. The van der Waals surface area contributed by atoms with Gasteiger partial charge in [-0.2, -0.15) is 4.31 Å². The van der Waals surface area contributed by atoms with Gasteiger partial charge in [-0.05, 0) is 36.2 Å². The average Bonchev–Trinajstić information content (AvgIpc) is 3.28. The van der Waals surface area contributed by atoms with Gasteiger partial charge < -0.3 is 19.3 Å². The zero-order valence-electron chi connectivity index (χ0n) is 24.2. The van der Waals surface area contributed by atoms with E-state index in [1.165, 1.54) is 25.2 Å². The molecule has 5 rings (SSSR count). The number of aliphatic hydroxyl groups excluding tert-OH is 1. The molecule has 4 aromatic rings. The van der Waals surface area contributed by atoms with Crippen LogP contribution < -0.4 is 0 Å². The molecule has 0 fully saturated rings. The van der Waals surface area contributed by atoms with E-state index in [4.69, 9.17) is 4.74 Å². The van der Waals surface area contributed by atoms with Crippen molar-refractivity contribution in [3.05, 3.63) is 89.9 Å². The fourth-order valence-corrected chi connectivity index (χ4v) is 6.94. The van der Waals surface area contributed by atoms with Gasteiger partial charge in [0, 0.05) is 49.6 Å². The van der Waals surface area contributed by atoms with Crippen LogP contribution in [0.3, 0.4) is 0 Å². The molecule has 222 valence electrons. The standard InChI is InChI=1S/C32H36FN3O5S/c1-21-17-36(22(2)19-37)32(38)31-30(25-13-7-9-15-27(25)35(31)4)24-12-6-5-11-23(24)20-41-28(21)18-34(3)42(39,40)29-16-10-8-14-26(29)33/h5-16,21-22,28,37H,17-20H2,1-4H3/t21-,22+,28-/m1/s1. The van der Waals surface area contributed by atoms with Crippen LogP contribution in [0.1, 0.15) is 29.9 Å². The second-order valence-electron chi connectivity index (χ2n) is 11.0. The predicted octanol–water partition coefficient (Wildman–Crippen LogP) is 4.66. The number of amides is 1. The molecule has 0 bridgehead atoms. The number of hydrogen-bond acceptors (Lipinski definition) is 5. The summed E-state index contributed by atoms with van der Waals surface area (Å²) < 4.78 is 50.6. The highest BCUT2D eigenvalue weighted by atomic mass is 32.2. The lowest BCUT2D eigenvalue weighted by Crippen LogP contribution is -2.48. The quantitative estimate of drug-likeness (QED) is 0.351. The van der Waals surface area contributed by atoms with Gasteiger partial charge in [0.05, 0.1) is 25.4 Å². The number of aromatic nitrogens is 1. The van der Waals surface area contributed by atoms with Gasteiger partial charge in [-0.3, -0.25) is 4.79 Å². The molecule has 1 aromatic heterocycles. The van der Waals surface area contributed by atoms with Crippen molar-refractivity contribution in [3.8, 4) is 11.1 Å². The van der Waals surface area contributed by atoms with Crippen molar-refractivity contribution in [1.29, 1.82) is 0 Å². The Labute approximate surface area is 246 Å². The number of ether oxygens (including phenoxy) is 1. The van der Waals surface area contributed by atoms with Crippen molar-refractivity contribution < 1.29 is 27.4 Å². The Morgan fingerprint density at radius 3 is 2.48 bits per heavy atom. The number of sulfonamides is 1. The summed E-state index contributed by atoms with van der Waals surface area (Å²) in [6.07, 6.45) is -0.649. The number of carbonyl (C=O) groups is 1. The topological polar surface area (TPSA) is 92.1 Å². The summed E-state index contributed by atoms with van der Waals surface area (Å²) in [5.41, 5.74) is 3.90. The van der Waals surface area contributed by atoms with Crippen LogP contribution in [0.4, 0.5) is 4.39 Å². The predicted molar refractivity (Wildman–Crippen MR) is 160 cm³/mol. The summed E-state index contributed by atoms with van der Waals surface area (Å²) in [5.74, 6) is -1.40. The van der Waals surface area contributed by atoms with Crippen LogP contribution in [0.15, 0.2) is 77.7 Å². The highest BCUT2D eigenvalue weighted by molar-refractivity contribution is 7.89. The van der Waals surface area contributed by atoms with Crippen molar-refractivity contribution in [2.75, 3.05) is 26.7 Å². The molecule has 10 heteroatoms. The molecular formula is C32H36FN3O5S. The molecule has 0 saturated heterocycles. The number of aryl methyl sites for hydroxylation is 1. The van der Waals surface area contributed by atoms with Gasteiger partial charge in [0.2, 0.25) is 10.0 Å². The number of rotatable bonds is 6. The Morgan fingerprint density at radius 2 is 1.74 bits per heavy atom. The molecule has 2 heterocycles. The summed E-state index contributed by atoms with van der Waals surface area (Å²) in [6.45, 7) is 3.74. The Balaban J connectivity index is 1.61. The van der Waals surface area contributed by atoms with E-state index >= 15 is 0 Å². The van der Waals surface area contributed by atoms with E-state index in [1.54, 1.807) is 11.8 Å². The van der Waals surface area contributed by atoms with Crippen LogP contribution in [0.5, 0.6) is 0 Å². The molecule has 0 spiro atoms. The third-order valence-electron chi connectivity index (χ3n) is 8.19. The highest BCUT2D eigenvalue weighted by Gasteiger charge is 2.35. The Bertz CT molecular complexity index is 1720. The van der Waals surface area contributed by atoms with Crippen LogP contribution in [-0.2, 0) is 28.4 Å². The number of likely N-dealkylation sites (N-methyl/N-ethyl adjacent to an activating group) is 1. The molecule has 8 nitrogen and oxygen atoms in total. The van der Waals surface area contributed by atoms with E-state index in [0.29, 0.717) is 5.69 Å². The first kappa shape index (κ1) is 29.9. The lowest BCUT2D eigenvalue weighted by atomic mass is 9.96. The maximum absolute atomic E-state index is 14.5. The van der Waals surface area contributed by atoms with E-state index in [9.17, 15) is 22.7 Å². The number of nitrogens with zero attached hydrogens (tertiary/aromatic N) is 3. The maximum atomic E-state index is 14.5. The number of para-hydroxylation sites is 1. The molecule has 3 aromatic carbocycles. The summed E-state index contributed by atoms with van der Waals surface area (Å²) in [6, 6.07) is 20.3. The minimum atomic E-state index is -4.15. The van der Waals surface area contributed by atoms with Crippen molar-refractivity contribution in [3.63, 3.8) is 0 Å². The van der Waals surface area contributed by atoms with Gasteiger partial charge in [0.25, 0.3) is 5.91 Å². The second kappa shape index (κ2) is 12.0. The Morgan fingerprint density at radius 1 is 1.07 bits per heavy atom. The third-order valence-corrected chi connectivity index (χ3v) is 10.0. The Hall–Kier alpha value is -3.57. The first-order valence-electron chi connectivity index (χ1n) is 14.0. The lowest BCUT2D eigenvalue weighted by molar-refractivity contribution is -0.0147. The van der Waals surface area contributed by atoms with Crippen LogP contribution in [-0.4, -0.2) is 72.1 Å². The van der Waals surface area contributed by atoms with E-state index in [2.05, 4.69) is 0 Å². The summed E-state index contributed by atoms with van der Waals surface area (Å²) >= 11 is 0. The molecule has 0 unspecified atom stereocenters. The van der Waals surface area contributed by atoms with Gasteiger partial charge in [-0.25, -0.2) is 12.8 Å². The molecule has 1 amide bonds. The fourth-order valence-electron chi connectivity index (χ4n) is 5.70. The average molecular weight is 594 g/mol. The third kappa shape index (κ3) is 5.35. The zero-order chi connectivity index (χ0) is 30.2. The number of carbonyl (C=O) groups excluding carboxylic acids is 1. The Kier molecular flexibility index (Phi) is 8.52. The monoisotopic (exact) mass is 593 g/mol. The SMILES string of the molecule is C[C@@H]1CN([C@@H](C)CO)C(=O)c2c(c3ccccc3n2C)-c2ccccc2CO[C@@H]1CN(C)S(=O)(=O)c1ccccc1F.